The highest BCUT2D eigenvalue weighted by molar-refractivity contribution is 5.84. The molecule has 1 aromatic rings. The van der Waals surface area contributed by atoms with E-state index in [1.165, 1.54) is 12.8 Å². The highest BCUT2D eigenvalue weighted by Crippen LogP contribution is 2.37. The lowest BCUT2D eigenvalue weighted by molar-refractivity contribution is -0.0240. The van der Waals surface area contributed by atoms with Crippen LogP contribution in [-0.4, -0.2) is 43.8 Å². The Kier molecular flexibility index (Phi) is 5.06. The van der Waals surface area contributed by atoms with E-state index < -0.39 is 0 Å². The molecule has 0 radical (unpaired) electrons. The van der Waals surface area contributed by atoms with Crippen molar-refractivity contribution >= 4 is 11.8 Å². The summed E-state index contributed by atoms with van der Waals surface area (Å²) in [6, 6.07) is 7.62. The topological polar surface area (TPSA) is 50.8 Å². The number of carbonyl (C=O) groups is 1. The molecule has 126 valence electrons. The monoisotopic (exact) mass is 318 g/mol. The van der Waals surface area contributed by atoms with Crippen molar-refractivity contribution in [3.05, 3.63) is 24.3 Å². The third-order valence-electron chi connectivity index (χ3n) is 5.28. The minimum absolute atomic E-state index is 0.384. The molecule has 1 aromatic carbocycles. The fourth-order valence-corrected chi connectivity index (χ4v) is 3.89. The molecule has 3 heterocycles. The van der Waals surface area contributed by atoms with Crippen molar-refractivity contribution in [2.75, 3.05) is 32.1 Å². The minimum atomic E-state index is -0.384. The van der Waals surface area contributed by atoms with Crippen molar-refractivity contribution in [3.63, 3.8) is 0 Å². The Hall–Kier alpha value is -1.75. The molecule has 1 N–H and O–H groups in total. The van der Waals surface area contributed by atoms with E-state index in [1.54, 1.807) is 19.2 Å². The predicted octanol–water partition coefficient (Wildman–Crippen LogP) is 3.36. The van der Waals surface area contributed by atoms with Gasteiger partial charge in [0, 0.05) is 18.3 Å². The quantitative estimate of drug-likeness (QED) is 0.904. The van der Waals surface area contributed by atoms with Gasteiger partial charge < -0.3 is 9.47 Å². The Morgan fingerprint density at radius 3 is 2.74 bits per heavy atom. The molecule has 1 unspecified atom stereocenters. The van der Waals surface area contributed by atoms with Gasteiger partial charge in [-0.25, -0.2) is 4.79 Å². The number of benzene rings is 1. The first-order chi connectivity index (χ1) is 11.2. The highest BCUT2D eigenvalue weighted by atomic mass is 16.5. The number of hydrogen-bond acceptors (Lipinski definition) is 4. The van der Waals surface area contributed by atoms with Gasteiger partial charge in [-0.05, 0) is 55.5 Å². The smallest absolute Gasteiger partial charge is 0.411 e. The summed E-state index contributed by atoms with van der Waals surface area (Å²) in [6.45, 7) is 5.07. The van der Waals surface area contributed by atoms with Gasteiger partial charge in [0.05, 0.1) is 7.11 Å². The zero-order valence-electron chi connectivity index (χ0n) is 14.0. The van der Waals surface area contributed by atoms with Gasteiger partial charge >= 0.3 is 6.09 Å². The average Bonchev–Trinajstić information content (AvgIpc) is 2.61. The number of nitrogens with zero attached hydrogens (tertiary/aromatic N) is 1. The number of piperidine rings is 3. The van der Waals surface area contributed by atoms with E-state index in [2.05, 4.69) is 17.1 Å². The highest BCUT2D eigenvalue weighted by Gasteiger charge is 2.39. The molecule has 2 bridgehead atoms. The number of anilines is 1. The Labute approximate surface area is 137 Å². The summed E-state index contributed by atoms with van der Waals surface area (Å²) in [5.41, 5.74) is 0.715. The lowest BCUT2D eigenvalue weighted by Gasteiger charge is -2.49. The maximum Gasteiger partial charge on any atom is 0.411 e. The SMILES string of the molecule is CC[C@H]1CN2CC[C@H]1C[C@@H]2COC(=O)Nc1ccc(OC)cc1. The number of ether oxygens (including phenoxy) is 2. The molecule has 0 saturated carbocycles. The van der Waals surface area contributed by atoms with Crippen LogP contribution < -0.4 is 10.1 Å². The van der Waals surface area contributed by atoms with Gasteiger partial charge in [-0.3, -0.25) is 10.2 Å². The van der Waals surface area contributed by atoms with E-state index in [1.807, 2.05) is 12.1 Å². The maximum atomic E-state index is 12.0. The van der Waals surface area contributed by atoms with E-state index in [4.69, 9.17) is 9.47 Å². The third kappa shape index (κ3) is 3.78. The molecule has 4 atom stereocenters. The molecule has 4 rings (SSSR count). The normalized spacial score (nSPS) is 29.1. The molecule has 3 aliphatic rings. The fourth-order valence-electron chi connectivity index (χ4n) is 3.89. The Bertz CT molecular complexity index is 532. The third-order valence-corrected chi connectivity index (χ3v) is 5.28. The molecule has 23 heavy (non-hydrogen) atoms. The van der Waals surface area contributed by atoms with Crippen molar-refractivity contribution in [3.8, 4) is 5.75 Å². The number of carbonyl (C=O) groups excluding carboxylic acids is 1. The molecule has 1 amide bonds. The molecule has 0 aromatic heterocycles. The number of methoxy groups -OCH3 is 1. The summed E-state index contributed by atoms with van der Waals surface area (Å²) in [7, 11) is 1.62. The van der Waals surface area contributed by atoms with Crippen molar-refractivity contribution in [2.45, 2.75) is 32.2 Å². The van der Waals surface area contributed by atoms with E-state index in [0.29, 0.717) is 18.3 Å². The van der Waals surface area contributed by atoms with Gasteiger partial charge in [0.2, 0.25) is 0 Å². The van der Waals surface area contributed by atoms with Crippen molar-refractivity contribution in [1.29, 1.82) is 0 Å². The molecule has 0 spiro atoms. The summed E-state index contributed by atoms with van der Waals surface area (Å²) in [5.74, 6) is 2.40. The van der Waals surface area contributed by atoms with Crippen LogP contribution in [0.4, 0.5) is 10.5 Å². The van der Waals surface area contributed by atoms with Crippen LogP contribution in [0.3, 0.4) is 0 Å². The number of nitrogens with one attached hydrogen (secondary N) is 1. The minimum Gasteiger partial charge on any atom is -0.497 e. The van der Waals surface area contributed by atoms with Gasteiger partial charge in [0.25, 0.3) is 0 Å². The summed E-state index contributed by atoms with van der Waals surface area (Å²) in [5, 5.41) is 2.76. The van der Waals surface area contributed by atoms with Gasteiger partial charge in [-0.2, -0.15) is 0 Å². The number of fused-ring (bicyclic) bond motifs is 3. The predicted molar refractivity (Wildman–Crippen MR) is 89.8 cm³/mol. The molecular formula is C18H26N2O3. The van der Waals surface area contributed by atoms with Crippen LogP contribution in [0.5, 0.6) is 5.75 Å². The zero-order valence-corrected chi connectivity index (χ0v) is 14.0. The summed E-state index contributed by atoms with van der Waals surface area (Å²) in [6.07, 6.45) is 3.33. The molecule has 3 fully saturated rings. The molecule has 0 aliphatic carbocycles. The van der Waals surface area contributed by atoms with Crippen LogP contribution in [0.1, 0.15) is 26.2 Å². The number of amides is 1. The Morgan fingerprint density at radius 2 is 2.13 bits per heavy atom. The zero-order chi connectivity index (χ0) is 16.2. The van der Waals surface area contributed by atoms with Crippen LogP contribution in [0.15, 0.2) is 24.3 Å². The fraction of sp³-hybridized carbons (Fsp3) is 0.611. The van der Waals surface area contributed by atoms with E-state index in [0.717, 1.165) is 37.1 Å². The van der Waals surface area contributed by atoms with Crippen LogP contribution in [0, 0.1) is 11.8 Å². The second kappa shape index (κ2) is 7.21. The van der Waals surface area contributed by atoms with Gasteiger partial charge in [-0.15, -0.1) is 0 Å². The lowest BCUT2D eigenvalue weighted by atomic mass is 9.75. The first-order valence-corrected chi connectivity index (χ1v) is 8.51. The van der Waals surface area contributed by atoms with Crippen LogP contribution >= 0.6 is 0 Å². The van der Waals surface area contributed by atoms with E-state index >= 15 is 0 Å². The van der Waals surface area contributed by atoms with Crippen LogP contribution in [0.25, 0.3) is 0 Å². The van der Waals surface area contributed by atoms with Gasteiger partial charge in [0.1, 0.15) is 12.4 Å². The summed E-state index contributed by atoms with van der Waals surface area (Å²) in [4.78, 5) is 14.4. The van der Waals surface area contributed by atoms with E-state index in [-0.39, 0.29) is 6.09 Å². The van der Waals surface area contributed by atoms with Crippen LogP contribution in [-0.2, 0) is 4.74 Å². The van der Waals surface area contributed by atoms with Crippen molar-refractivity contribution < 1.29 is 14.3 Å². The van der Waals surface area contributed by atoms with Crippen molar-refractivity contribution in [2.24, 2.45) is 11.8 Å². The van der Waals surface area contributed by atoms with Crippen LogP contribution in [0.2, 0.25) is 0 Å². The van der Waals surface area contributed by atoms with Gasteiger partial charge in [0.15, 0.2) is 0 Å². The second-order valence-corrected chi connectivity index (χ2v) is 6.55. The number of hydrogen-bond donors (Lipinski definition) is 1. The van der Waals surface area contributed by atoms with E-state index in [9.17, 15) is 4.79 Å². The Balaban J connectivity index is 1.46. The van der Waals surface area contributed by atoms with Gasteiger partial charge in [-0.1, -0.05) is 13.3 Å². The standard InChI is InChI=1S/C18H26N2O3/c1-3-13-11-20-9-8-14(13)10-16(20)12-23-18(21)19-15-4-6-17(22-2)7-5-15/h4-7,13-14,16H,3,8-12H2,1-2H3,(H,19,21)/t13-,14-,16+/m0/s1. The molecule has 5 nitrogen and oxygen atoms in total. The summed E-state index contributed by atoms with van der Waals surface area (Å²) >= 11 is 0. The van der Waals surface area contributed by atoms with Crippen molar-refractivity contribution in [1.82, 2.24) is 4.90 Å². The largest absolute Gasteiger partial charge is 0.497 e. The number of rotatable bonds is 5. The first kappa shape index (κ1) is 16.1. The Morgan fingerprint density at radius 1 is 1.35 bits per heavy atom. The molecular weight excluding hydrogens is 292 g/mol. The summed E-state index contributed by atoms with van der Waals surface area (Å²) < 4.78 is 10.5. The average molecular weight is 318 g/mol. The second-order valence-electron chi connectivity index (χ2n) is 6.55. The molecule has 3 saturated heterocycles. The molecule has 3 aliphatic heterocycles. The maximum absolute atomic E-state index is 12.0. The first-order valence-electron chi connectivity index (χ1n) is 8.51. The lowest BCUT2D eigenvalue weighted by Crippen LogP contribution is -2.54. The molecule has 5 heteroatoms.